The standard InChI is InChI=1S/C28H39N3O3S/c1-18(2)15-34-16-22(32)13-31(21-8-6-5-7-9-21)14-25-29-27(33)26-24(17-35-28(26)30-25)23-12-19(3)10-11-20(23)4/h10-12,17-18,21-22,32H,5-9,13-16H2,1-4H3,(H,29,30,33)/t22-/m1/s1. The van der Waals surface area contributed by atoms with Crippen LogP contribution in [0.4, 0.5) is 0 Å². The maximum Gasteiger partial charge on any atom is 0.260 e. The Morgan fingerprint density at radius 2 is 1.94 bits per heavy atom. The largest absolute Gasteiger partial charge is 0.389 e. The lowest BCUT2D eigenvalue weighted by molar-refractivity contribution is -0.00502. The monoisotopic (exact) mass is 497 g/mol. The van der Waals surface area contributed by atoms with Crippen molar-refractivity contribution in [2.24, 2.45) is 5.92 Å². The highest BCUT2D eigenvalue weighted by Crippen LogP contribution is 2.33. The highest BCUT2D eigenvalue weighted by atomic mass is 32.1. The fourth-order valence-corrected chi connectivity index (χ4v) is 5.99. The molecule has 35 heavy (non-hydrogen) atoms. The van der Waals surface area contributed by atoms with E-state index in [4.69, 9.17) is 9.72 Å². The van der Waals surface area contributed by atoms with Crippen LogP contribution in [-0.4, -0.2) is 51.9 Å². The first-order valence-corrected chi connectivity index (χ1v) is 13.8. The number of ether oxygens (including phenoxy) is 1. The smallest absolute Gasteiger partial charge is 0.260 e. The van der Waals surface area contributed by atoms with Crippen LogP contribution in [-0.2, 0) is 11.3 Å². The molecule has 1 atom stereocenters. The predicted octanol–water partition coefficient (Wildman–Crippen LogP) is 5.44. The van der Waals surface area contributed by atoms with Crippen molar-refractivity contribution in [1.82, 2.24) is 14.9 Å². The molecule has 0 spiro atoms. The summed E-state index contributed by atoms with van der Waals surface area (Å²) in [6, 6.07) is 6.72. The van der Waals surface area contributed by atoms with Crippen LogP contribution in [0, 0.1) is 19.8 Å². The quantitative estimate of drug-likeness (QED) is 0.390. The number of rotatable bonds is 10. The molecule has 1 saturated carbocycles. The highest BCUT2D eigenvalue weighted by Gasteiger charge is 2.25. The van der Waals surface area contributed by atoms with E-state index < -0.39 is 6.10 Å². The molecule has 2 heterocycles. The van der Waals surface area contributed by atoms with Crippen LogP contribution in [0.15, 0.2) is 28.4 Å². The van der Waals surface area contributed by atoms with E-state index in [2.05, 4.69) is 55.8 Å². The molecule has 0 saturated heterocycles. The Morgan fingerprint density at radius 3 is 2.69 bits per heavy atom. The molecule has 1 fully saturated rings. The molecule has 0 bridgehead atoms. The van der Waals surface area contributed by atoms with Crippen molar-refractivity contribution in [1.29, 1.82) is 0 Å². The zero-order chi connectivity index (χ0) is 24.9. The third-order valence-electron chi connectivity index (χ3n) is 6.83. The minimum absolute atomic E-state index is 0.0911. The van der Waals surface area contributed by atoms with Crippen molar-refractivity contribution >= 4 is 21.6 Å². The van der Waals surface area contributed by atoms with Gasteiger partial charge in [-0.05, 0) is 43.7 Å². The molecule has 6 nitrogen and oxygen atoms in total. The van der Waals surface area contributed by atoms with Gasteiger partial charge in [0.25, 0.3) is 5.56 Å². The number of thiophene rings is 1. The van der Waals surface area contributed by atoms with Crippen LogP contribution in [0.5, 0.6) is 0 Å². The first-order chi connectivity index (χ1) is 16.8. The zero-order valence-corrected chi connectivity index (χ0v) is 22.3. The molecule has 1 aromatic carbocycles. The molecule has 0 aliphatic heterocycles. The Balaban J connectivity index is 1.57. The van der Waals surface area contributed by atoms with Crippen molar-refractivity contribution in [3.63, 3.8) is 0 Å². The molecule has 0 radical (unpaired) electrons. The molecular weight excluding hydrogens is 458 g/mol. The molecule has 7 heteroatoms. The number of aromatic amines is 1. The maximum absolute atomic E-state index is 13.3. The van der Waals surface area contributed by atoms with Gasteiger partial charge in [0.1, 0.15) is 10.7 Å². The maximum atomic E-state index is 13.3. The van der Waals surface area contributed by atoms with Gasteiger partial charge in [-0.3, -0.25) is 9.69 Å². The number of nitrogens with one attached hydrogen (secondary N) is 1. The summed E-state index contributed by atoms with van der Waals surface area (Å²) in [6.07, 6.45) is 5.33. The summed E-state index contributed by atoms with van der Waals surface area (Å²) in [5, 5.41) is 13.4. The van der Waals surface area contributed by atoms with Crippen LogP contribution < -0.4 is 5.56 Å². The predicted molar refractivity (Wildman–Crippen MR) is 144 cm³/mol. The molecule has 190 valence electrons. The highest BCUT2D eigenvalue weighted by molar-refractivity contribution is 7.17. The number of benzene rings is 1. The third-order valence-corrected chi connectivity index (χ3v) is 7.70. The lowest BCUT2D eigenvalue weighted by atomic mass is 9.94. The van der Waals surface area contributed by atoms with Crippen molar-refractivity contribution < 1.29 is 9.84 Å². The van der Waals surface area contributed by atoms with Crippen molar-refractivity contribution in [2.45, 2.75) is 78.5 Å². The molecule has 1 aliphatic rings. The Bertz CT molecular complexity index is 1180. The molecule has 0 amide bonds. The number of fused-ring (bicyclic) bond motifs is 1. The molecule has 0 unspecified atom stereocenters. The topological polar surface area (TPSA) is 78.5 Å². The number of H-pyrrole nitrogens is 1. The van der Waals surface area contributed by atoms with Crippen LogP contribution >= 0.6 is 11.3 Å². The molecule has 2 N–H and O–H groups in total. The summed E-state index contributed by atoms with van der Waals surface area (Å²) in [5.74, 6) is 1.11. The minimum Gasteiger partial charge on any atom is -0.389 e. The Morgan fingerprint density at radius 1 is 1.17 bits per heavy atom. The van der Waals surface area contributed by atoms with Crippen LogP contribution in [0.3, 0.4) is 0 Å². The second-order valence-corrected chi connectivity index (χ2v) is 11.3. The summed E-state index contributed by atoms with van der Waals surface area (Å²) >= 11 is 1.52. The number of aliphatic hydroxyl groups is 1. The fraction of sp³-hybridized carbons (Fsp3) is 0.571. The molecular formula is C28H39N3O3S. The zero-order valence-electron chi connectivity index (χ0n) is 21.5. The molecule has 2 aromatic heterocycles. The van der Waals surface area contributed by atoms with Crippen LogP contribution in [0.1, 0.15) is 62.9 Å². The van der Waals surface area contributed by atoms with Gasteiger partial charge in [0.2, 0.25) is 0 Å². The average molecular weight is 498 g/mol. The fourth-order valence-electron chi connectivity index (χ4n) is 5.04. The average Bonchev–Trinajstić information content (AvgIpc) is 3.25. The first kappa shape index (κ1) is 26.0. The van der Waals surface area contributed by atoms with Crippen LogP contribution in [0.25, 0.3) is 21.3 Å². The van der Waals surface area contributed by atoms with Crippen LogP contribution in [0.2, 0.25) is 0 Å². The van der Waals surface area contributed by atoms with E-state index >= 15 is 0 Å². The van der Waals surface area contributed by atoms with Gasteiger partial charge in [0, 0.05) is 30.1 Å². The van der Waals surface area contributed by atoms with E-state index in [1.807, 2.05) is 5.38 Å². The third kappa shape index (κ3) is 6.58. The Kier molecular flexibility index (Phi) is 8.76. The van der Waals surface area contributed by atoms with E-state index in [0.29, 0.717) is 49.5 Å². The minimum atomic E-state index is -0.566. The second-order valence-electron chi connectivity index (χ2n) is 10.5. The number of hydrogen-bond donors (Lipinski definition) is 2. The van der Waals surface area contributed by atoms with Gasteiger partial charge in [0.15, 0.2) is 0 Å². The summed E-state index contributed by atoms with van der Waals surface area (Å²) in [5.41, 5.74) is 4.27. The number of nitrogens with zero attached hydrogens (tertiary/aromatic N) is 2. The second kappa shape index (κ2) is 11.8. The summed E-state index contributed by atoms with van der Waals surface area (Å²) < 4.78 is 5.69. The van der Waals surface area contributed by atoms with E-state index in [-0.39, 0.29) is 5.56 Å². The van der Waals surface area contributed by atoms with Gasteiger partial charge in [-0.1, -0.05) is 56.9 Å². The Labute approximate surface area is 212 Å². The van der Waals surface area contributed by atoms with E-state index in [1.54, 1.807) is 0 Å². The lowest BCUT2D eigenvalue weighted by Gasteiger charge is -2.35. The number of hydrogen-bond acceptors (Lipinski definition) is 6. The van der Waals surface area contributed by atoms with Gasteiger partial charge in [0.05, 0.1) is 24.6 Å². The van der Waals surface area contributed by atoms with Gasteiger partial charge in [-0.15, -0.1) is 11.3 Å². The normalized spacial score (nSPS) is 16.0. The SMILES string of the molecule is Cc1ccc(C)c(-c2csc3nc(CN(C[C@@H](O)COCC(C)C)C4CCCCC4)[nH]c(=O)c23)c1. The van der Waals surface area contributed by atoms with Gasteiger partial charge in [-0.2, -0.15) is 0 Å². The summed E-state index contributed by atoms with van der Waals surface area (Å²) in [7, 11) is 0. The molecule has 1 aliphatic carbocycles. The van der Waals surface area contributed by atoms with Gasteiger partial charge in [-0.25, -0.2) is 4.98 Å². The van der Waals surface area contributed by atoms with E-state index in [0.717, 1.165) is 34.4 Å². The number of aryl methyl sites for hydroxylation is 2. The van der Waals surface area contributed by atoms with E-state index in [1.165, 1.54) is 36.2 Å². The van der Waals surface area contributed by atoms with Crippen molar-refractivity contribution in [2.75, 3.05) is 19.8 Å². The molecule has 3 aromatic rings. The van der Waals surface area contributed by atoms with Crippen molar-refractivity contribution in [3.05, 3.63) is 50.9 Å². The first-order valence-electron chi connectivity index (χ1n) is 12.9. The van der Waals surface area contributed by atoms with Gasteiger partial charge < -0.3 is 14.8 Å². The molecule has 4 rings (SSSR count). The number of aliphatic hydroxyl groups excluding tert-OH is 1. The van der Waals surface area contributed by atoms with Crippen molar-refractivity contribution in [3.8, 4) is 11.1 Å². The Hall–Kier alpha value is -2.06. The van der Waals surface area contributed by atoms with E-state index in [9.17, 15) is 9.90 Å². The summed E-state index contributed by atoms with van der Waals surface area (Å²) in [4.78, 5) is 24.3. The van der Waals surface area contributed by atoms with Gasteiger partial charge >= 0.3 is 0 Å². The summed E-state index contributed by atoms with van der Waals surface area (Å²) in [6.45, 7) is 10.4. The number of aromatic nitrogens is 2. The lowest BCUT2D eigenvalue weighted by Crippen LogP contribution is -2.43.